The first-order valence-corrected chi connectivity index (χ1v) is 6.36. The lowest BCUT2D eigenvalue weighted by molar-refractivity contribution is -0.0493. The molecule has 2 bridgehead atoms. The zero-order valence-corrected chi connectivity index (χ0v) is 10.7. The van der Waals surface area contributed by atoms with Crippen LogP contribution in [0.3, 0.4) is 0 Å². The van der Waals surface area contributed by atoms with Crippen LogP contribution >= 0.6 is 0 Å². The van der Waals surface area contributed by atoms with Gasteiger partial charge in [0.1, 0.15) is 0 Å². The van der Waals surface area contributed by atoms with E-state index < -0.39 is 6.61 Å². The number of likely N-dealkylation sites (N-methyl/N-ethyl adjacent to an activating group) is 1. The second kappa shape index (κ2) is 4.52. The molecule has 1 aromatic carbocycles. The first-order valence-electron chi connectivity index (χ1n) is 6.36. The number of rotatable bonds is 3. The average molecular weight is 269 g/mol. The van der Waals surface area contributed by atoms with E-state index >= 15 is 0 Å². The molecule has 0 saturated carbocycles. The summed E-state index contributed by atoms with van der Waals surface area (Å²) in [6.45, 7) is -0.905. The van der Waals surface area contributed by atoms with E-state index in [-0.39, 0.29) is 11.4 Å². The maximum Gasteiger partial charge on any atom is 0.387 e. The van der Waals surface area contributed by atoms with E-state index in [2.05, 4.69) is 21.6 Å². The molecule has 2 fully saturated rings. The van der Waals surface area contributed by atoms with Gasteiger partial charge in [0.15, 0.2) is 5.75 Å². The Hall–Kier alpha value is -1.56. The average Bonchev–Trinajstić information content (AvgIpc) is 2.90. The zero-order valence-electron chi connectivity index (χ0n) is 10.7. The predicted octanol–water partition coefficient (Wildman–Crippen LogP) is 1.76. The molecule has 2 saturated heterocycles. The normalized spacial score (nSPS) is 26.4. The van der Waals surface area contributed by atoms with Crippen LogP contribution in [0.2, 0.25) is 0 Å². The van der Waals surface area contributed by atoms with Crippen LogP contribution in [0.4, 0.5) is 20.2 Å². The van der Waals surface area contributed by atoms with Crippen LogP contribution in [0.15, 0.2) is 18.2 Å². The number of alkyl halides is 2. The predicted molar refractivity (Wildman–Crippen MR) is 69.7 cm³/mol. The van der Waals surface area contributed by atoms with Gasteiger partial charge in [-0.25, -0.2) is 0 Å². The number of anilines is 2. The topological polar surface area (TPSA) is 41.7 Å². The van der Waals surface area contributed by atoms with Crippen molar-refractivity contribution in [3.05, 3.63) is 18.2 Å². The molecule has 2 N–H and O–H groups in total. The van der Waals surface area contributed by atoms with Gasteiger partial charge >= 0.3 is 6.61 Å². The molecule has 0 amide bonds. The van der Waals surface area contributed by atoms with Gasteiger partial charge in [-0.2, -0.15) is 8.78 Å². The van der Waals surface area contributed by atoms with Crippen LogP contribution in [-0.2, 0) is 0 Å². The van der Waals surface area contributed by atoms with Crippen molar-refractivity contribution in [2.45, 2.75) is 25.1 Å². The molecule has 104 valence electrons. The molecule has 0 radical (unpaired) electrons. The summed E-state index contributed by atoms with van der Waals surface area (Å²) in [5, 5.41) is 0. The molecule has 2 aliphatic heterocycles. The third-order valence-corrected chi connectivity index (χ3v) is 4.06. The Morgan fingerprint density at radius 3 is 2.68 bits per heavy atom. The number of nitrogens with zero attached hydrogens (tertiary/aromatic N) is 2. The number of ether oxygens (including phenoxy) is 1. The summed E-state index contributed by atoms with van der Waals surface area (Å²) in [7, 11) is 2.12. The van der Waals surface area contributed by atoms with Crippen molar-refractivity contribution in [2.24, 2.45) is 0 Å². The van der Waals surface area contributed by atoms with Crippen molar-refractivity contribution in [1.29, 1.82) is 0 Å². The minimum atomic E-state index is -2.85. The lowest BCUT2D eigenvalue weighted by atomic mass is 10.2. The molecular formula is C13H17F2N3O. The van der Waals surface area contributed by atoms with Gasteiger partial charge in [-0.15, -0.1) is 0 Å². The van der Waals surface area contributed by atoms with Crippen molar-refractivity contribution in [2.75, 3.05) is 30.8 Å². The minimum absolute atomic E-state index is 0.0589. The van der Waals surface area contributed by atoms with Crippen LogP contribution in [-0.4, -0.2) is 43.7 Å². The van der Waals surface area contributed by atoms with Gasteiger partial charge in [-0.1, -0.05) is 0 Å². The molecule has 0 aliphatic carbocycles. The lowest BCUT2D eigenvalue weighted by Gasteiger charge is -2.33. The highest BCUT2D eigenvalue weighted by atomic mass is 19.3. The van der Waals surface area contributed by atoms with Gasteiger partial charge < -0.3 is 15.4 Å². The summed E-state index contributed by atoms with van der Waals surface area (Å²) < 4.78 is 29.1. The number of hydrogen-bond donors (Lipinski definition) is 1. The van der Waals surface area contributed by atoms with E-state index in [1.165, 1.54) is 0 Å². The fourth-order valence-corrected chi connectivity index (χ4v) is 3.08. The highest BCUT2D eigenvalue weighted by Crippen LogP contribution is 2.36. The van der Waals surface area contributed by atoms with Gasteiger partial charge in [-0.3, -0.25) is 4.90 Å². The van der Waals surface area contributed by atoms with Gasteiger partial charge in [0.05, 0.1) is 5.69 Å². The molecule has 2 atom stereocenters. The standard InChI is InChI=1S/C13H17F2N3O/c1-17-6-10-4-9(17)7-18(10)8-2-3-11(16)12(5-8)19-13(14)15/h2-3,5,9-10,13H,4,6-7,16H2,1H3. The summed E-state index contributed by atoms with van der Waals surface area (Å²) in [5.74, 6) is 0.0589. The number of hydrogen-bond acceptors (Lipinski definition) is 4. The Kier molecular flexibility index (Phi) is 2.97. The second-order valence-electron chi connectivity index (χ2n) is 5.24. The number of piperazine rings is 1. The minimum Gasteiger partial charge on any atom is -0.433 e. The zero-order chi connectivity index (χ0) is 13.6. The van der Waals surface area contributed by atoms with Crippen molar-refractivity contribution in [3.63, 3.8) is 0 Å². The highest BCUT2D eigenvalue weighted by molar-refractivity contribution is 5.63. The number of fused-ring (bicyclic) bond motifs is 2. The molecule has 2 unspecified atom stereocenters. The molecule has 0 aromatic heterocycles. The number of halogens is 2. The monoisotopic (exact) mass is 269 g/mol. The number of nitrogens with two attached hydrogens (primary N) is 1. The van der Waals surface area contributed by atoms with E-state index in [1.807, 2.05) is 6.07 Å². The molecular weight excluding hydrogens is 252 g/mol. The summed E-state index contributed by atoms with van der Waals surface area (Å²) in [6, 6.07) is 6.12. The van der Waals surface area contributed by atoms with Crippen molar-refractivity contribution >= 4 is 11.4 Å². The highest BCUT2D eigenvalue weighted by Gasteiger charge is 2.41. The van der Waals surface area contributed by atoms with Crippen LogP contribution in [0, 0.1) is 0 Å². The lowest BCUT2D eigenvalue weighted by Crippen LogP contribution is -2.44. The smallest absolute Gasteiger partial charge is 0.387 e. The maximum atomic E-state index is 12.3. The third kappa shape index (κ3) is 2.20. The molecule has 2 heterocycles. The van der Waals surface area contributed by atoms with Crippen LogP contribution in [0.5, 0.6) is 5.75 Å². The Morgan fingerprint density at radius 1 is 1.32 bits per heavy atom. The van der Waals surface area contributed by atoms with Crippen LogP contribution in [0.25, 0.3) is 0 Å². The third-order valence-electron chi connectivity index (χ3n) is 4.06. The Labute approximate surface area is 110 Å². The molecule has 4 nitrogen and oxygen atoms in total. The molecule has 19 heavy (non-hydrogen) atoms. The van der Waals surface area contributed by atoms with E-state index in [9.17, 15) is 8.78 Å². The molecule has 3 rings (SSSR count). The number of likely N-dealkylation sites (tertiary alicyclic amines) is 1. The van der Waals surface area contributed by atoms with E-state index in [0.29, 0.717) is 12.1 Å². The van der Waals surface area contributed by atoms with Gasteiger partial charge in [0, 0.05) is 36.9 Å². The van der Waals surface area contributed by atoms with Crippen molar-refractivity contribution < 1.29 is 13.5 Å². The van der Waals surface area contributed by atoms with Crippen LogP contribution < -0.4 is 15.4 Å². The second-order valence-corrected chi connectivity index (χ2v) is 5.24. The fraction of sp³-hybridized carbons (Fsp3) is 0.538. The molecule has 0 spiro atoms. The number of benzene rings is 1. The summed E-state index contributed by atoms with van der Waals surface area (Å²) in [4.78, 5) is 4.59. The van der Waals surface area contributed by atoms with E-state index in [0.717, 1.165) is 25.2 Å². The molecule has 2 aliphatic rings. The van der Waals surface area contributed by atoms with Crippen LogP contribution in [0.1, 0.15) is 6.42 Å². The van der Waals surface area contributed by atoms with Crippen molar-refractivity contribution in [3.8, 4) is 5.75 Å². The van der Waals surface area contributed by atoms with Gasteiger partial charge in [-0.05, 0) is 25.6 Å². The van der Waals surface area contributed by atoms with Gasteiger partial charge in [0.25, 0.3) is 0 Å². The van der Waals surface area contributed by atoms with Crippen molar-refractivity contribution in [1.82, 2.24) is 4.90 Å². The van der Waals surface area contributed by atoms with Gasteiger partial charge in [0.2, 0.25) is 0 Å². The molecule has 6 heteroatoms. The Bertz CT molecular complexity index is 481. The largest absolute Gasteiger partial charge is 0.433 e. The summed E-state index contributed by atoms with van der Waals surface area (Å²) in [6.07, 6.45) is 1.13. The van der Waals surface area contributed by atoms with E-state index in [4.69, 9.17) is 5.73 Å². The Balaban J connectivity index is 1.82. The first-order chi connectivity index (χ1) is 9.04. The maximum absolute atomic E-state index is 12.3. The molecule has 1 aromatic rings. The number of nitrogen functional groups attached to an aromatic ring is 1. The summed E-state index contributed by atoms with van der Waals surface area (Å²) in [5.41, 5.74) is 6.80. The fourth-order valence-electron chi connectivity index (χ4n) is 3.08. The summed E-state index contributed by atoms with van der Waals surface area (Å²) >= 11 is 0. The first kappa shape index (κ1) is 12.5. The quantitative estimate of drug-likeness (QED) is 0.849. The Morgan fingerprint density at radius 2 is 2.11 bits per heavy atom. The van der Waals surface area contributed by atoms with E-state index in [1.54, 1.807) is 12.1 Å². The SMILES string of the molecule is CN1CC2CC1CN2c1ccc(N)c(OC(F)F)c1.